The van der Waals surface area contributed by atoms with E-state index in [0.717, 1.165) is 27.1 Å². The highest BCUT2D eigenvalue weighted by Gasteiger charge is 2.17. The number of thiazole rings is 1. The third-order valence-corrected chi connectivity index (χ3v) is 7.86. The Morgan fingerprint density at radius 2 is 1.71 bits per heavy atom. The van der Waals surface area contributed by atoms with Crippen molar-refractivity contribution in [3.63, 3.8) is 0 Å². The summed E-state index contributed by atoms with van der Waals surface area (Å²) >= 11 is 1.36. The highest BCUT2D eigenvalue weighted by molar-refractivity contribution is 7.92. The lowest BCUT2D eigenvalue weighted by Gasteiger charge is -2.09. The van der Waals surface area contributed by atoms with Gasteiger partial charge in [-0.3, -0.25) is 10.3 Å². The van der Waals surface area contributed by atoms with Gasteiger partial charge in [0, 0.05) is 36.3 Å². The topological polar surface area (TPSA) is 139 Å². The molecule has 192 valence electrons. The molecule has 0 saturated heterocycles. The second-order valence-electron chi connectivity index (χ2n) is 8.31. The number of aryl methyl sites for hydroxylation is 1. The largest absolute Gasteiger partial charge is 0.338 e. The van der Waals surface area contributed by atoms with E-state index in [0.29, 0.717) is 22.8 Å². The molecule has 3 aromatic heterocycles. The molecule has 0 saturated carbocycles. The fourth-order valence-electron chi connectivity index (χ4n) is 3.68. The number of amides is 2. The number of carbonyl (C=O) groups is 1. The van der Waals surface area contributed by atoms with Crippen LogP contribution in [0.5, 0.6) is 0 Å². The number of anilines is 2. The molecule has 38 heavy (non-hydrogen) atoms. The van der Waals surface area contributed by atoms with Gasteiger partial charge < -0.3 is 5.32 Å². The van der Waals surface area contributed by atoms with Crippen LogP contribution in [0.25, 0.3) is 32.6 Å². The summed E-state index contributed by atoms with van der Waals surface area (Å²) in [6.45, 7) is 4.30. The van der Waals surface area contributed by atoms with E-state index in [2.05, 4.69) is 35.3 Å². The van der Waals surface area contributed by atoms with Crippen LogP contribution in [-0.4, -0.2) is 40.9 Å². The molecule has 12 heteroatoms. The van der Waals surface area contributed by atoms with Crippen molar-refractivity contribution in [1.82, 2.24) is 25.3 Å². The van der Waals surface area contributed by atoms with E-state index >= 15 is 0 Å². The van der Waals surface area contributed by atoms with Crippen LogP contribution >= 0.6 is 11.3 Å². The number of pyridine rings is 1. The fourth-order valence-corrected chi connectivity index (χ4v) is 5.62. The zero-order valence-electron chi connectivity index (χ0n) is 20.5. The summed E-state index contributed by atoms with van der Waals surface area (Å²) in [5.41, 5.74) is 4.73. The molecule has 10 nitrogen and oxygen atoms in total. The molecule has 2 aromatic carbocycles. The second kappa shape index (κ2) is 10.5. The van der Waals surface area contributed by atoms with Gasteiger partial charge in [-0.2, -0.15) is 0 Å². The van der Waals surface area contributed by atoms with E-state index in [4.69, 9.17) is 0 Å². The molecule has 0 fully saturated rings. The Balaban J connectivity index is 1.51. The summed E-state index contributed by atoms with van der Waals surface area (Å²) in [7, 11) is -3.81. The van der Waals surface area contributed by atoms with Crippen LogP contribution in [0.3, 0.4) is 0 Å². The minimum atomic E-state index is -3.81. The number of rotatable bonds is 7. The monoisotopic (exact) mass is 545 g/mol. The molecule has 3 heterocycles. The Kier molecular flexibility index (Phi) is 6.99. The Morgan fingerprint density at radius 3 is 2.39 bits per heavy atom. The van der Waals surface area contributed by atoms with Gasteiger partial charge in [-0.15, -0.1) is 0 Å². The van der Waals surface area contributed by atoms with Gasteiger partial charge >= 0.3 is 6.03 Å². The maximum Gasteiger partial charge on any atom is 0.321 e. The molecular weight excluding hydrogens is 522 g/mol. The maximum atomic E-state index is 12.6. The smallest absolute Gasteiger partial charge is 0.321 e. The highest BCUT2D eigenvalue weighted by atomic mass is 32.2. The Hall–Kier alpha value is -4.42. The quantitative estimate of drug-likeness (QED) is 0.260. The number of nitrogens with one attached hydrogen (secondary N) is 3. The van der Waals surface area contributed by atoms with Crippen molar-refractivity contribution >= 4 is 48.7 Å². The van der Waals surface area contributed by atoms with E-state index in [1.807, 2.05) is 38.1 Å². The molecule has 2 amide bonds. The lowest BCUT2D eigenvalue weighted by atomic mass is 10.0. The summed E-state index contributed by atoms with van der Waals surface area (Å²) < 4.78 is 28.5. The van der Waals surface area contributed by atoms with E-state index in [9.17, 15) is 13.2 Å². The van der Waals surface area contributed by atoms with Crippen molar-refractivity contribution in [2.45, 2.75) is 18.7 Å². The van der Waals surface area contributed by atoms with E-state index in [1.165, 1.54) is 23.5 Å². The van der Waals surface area contributed by atoms with Crippen LogP contribution in [0.15, 0.2) is 78.1 Å². The fraction of sp³-hybridized carbons (Fsp3) is 0.115. The summed E-state index contributed by atoms with van der Waals surface area (Å²) in [5.74, 6) is -0.0406. The predicted octanol–water partition coefficient (Wildman–Crippen LogP) is 5.07. The first kappa shape index (κ1) is 25.2. The third kappa shape index (κ3) is 5.45. The van der Waals surface area contributed by atoms with Crippen molar-refractivity contribution in [2.24, 2.45) is 0 Å². The predicted molar refractivity (Wildman–Crippen MR) is 149 cm³/mol. The number of nitrogens with zero attached hydrogens (tertiary/aromatic N) is 4. The minimum absolute atomic E-state index is 0.0406. The molecular formula is C26H23N7O3S2. The molecule has 0 bridgehead atoms. The maximum absolute atomic E-state index is 12.6. The number of hydrogen-bond donors (Lipinski definition) is 3. The summed E-state index contributed by atoms with van der Waals surface area (Å²) in [4.78, 5) is 29.8. The lowest BCUT2D eigenvalue weighted by molar-refractivity contribution is 0.252. The SMILES string of the molecule is CCNC(=O)Nc1nc2cc(-c3cnc(NS(=O)(=O)c4ccccc4)nc3)cc(-c3ccc(C)cn3)c2s1. The normalized spacial score (nSPS) is 11.3. The van der Waals surface area contributed by atoms with Gasteiger partial charge in [-0.1, -0.05) is 35.6 Å². The number of aromatic nitrogens is 4. The first-order valence-electron chi connectivity index (χ1n) is 11.6. The van der Waals surface area contributed by atoms with Crippen molar-refractivity contribution in [2.75, 3.05) is 16.6 Å². The van der Waals surface area contributed by atoms with Crippen LogP contribution < -0.4 is 15.4 Å². The van der Waals surface area contributed by atoms with Gasteiger partial charge in [0.25, 0.3) is 10.0 Å². The molecule has 0 spiro atoms. The van der Waals surface area contributed by atoms with Gasteiger partial charge in [0.05, 0.1) is 20.8 Å². The minimum Gasteiger partial charge on any atom is -0.338 e. The number of fused-ring (bicyclic) bond motifs is 1. The Labute approximate surface area is 223 Å². The third-order valence-electron chi connectivity index (χ3n) is 5.50. The second-order valence-corrected chi connectivity index (χ2v) is 11.0. The van der Waals surface area contributed by atoms with Crippen LogP contribution in [0.4, 0.5) is 15.9 Å². The average molecular weight is 546 g/mol. The average Bonchev–Trinajstić information content (AvgIpc) is 3.32. The Bertz CT molecular complexity index is 1700. The van der Waals surface area contributed by atoms with Crippen molar-refractivity contribution < 1.29 is 13.2 Å². The molecule has 0 radical (unpaired) electrons. The summed E-state index contributed by atoms with van der Waals surface area (Å²) in [6.07, 6.45) is 4.88. The standard InChI is InChI=1S/C26H23N7O3S2/c1-3-27-25(34)32-26-31-22-12-17(11-20(23(22)37-26)21-10-9-16(2)13-28-21)18-14-29-24(30-15-18)33-38(35,36)19-7-5-4-6-8-19/h4-15H,3H2,1-2H3,(H,29,30,33)(H2,27,31,32,34). The first-order valence-corrected chi connectivity index (χ1v) is 13.9. The molecule has 0 aliphatic carbocycles. The molecule has 0 aliphatic rings. The van der Waals surface area contributed by atoms with E-state index < -0.39 is 10.0 Å². The van der Waals surface area contributed by atoms with Crippen LogP contribution in [0.1, 0.15) is 12.5 Å². The first-order chi connectivity index (χ1) is 18.3. The molecule has 5 aromatic rings. The van der Waals surface area contributed by atoms with Crippen LogP contribution in [-0.2, 0) is 10.0 Å². The number of hydrogen-bond acceptors (Lipinski definition) is 8. The zero-order valence-corrected chi connectivity index (χ0v) is 22.1. The van der Waals surface area contributed by atoms with Crippen LogP contribution in [0.2, 0.25) is 0 Å². The van der Waals surface area contributed by atoms with Crippen molar-refractivity contribution in [3.05, 3.63) is 78.8 Å². The summed E-state index contributed by atoms with van der Waals surface area (Å²) in [5, 5.41) is 5.92. The molecule has 3 N–H and O–H groups in total. The molecule has 0 aliphatic heterocycles. The van der Waals surface area contributed by atoms with Crippen LogP contribution in [0, 0.1) is 6.92 Å². The van der Waals surface area contributed by atoms with E-state index in [1.54, 1.807) is 36.8 Å². The number of benzene rings is 2. The number of urea groups is 1. The molecule has 0 atom stereocenters. The molecule has 5 rings (SSSR count). The summed E-state index contributed by atoms with van der Waals surface area (Å²) in [6, 6.07) is 15.4. The van der Waals surface area contributed by atoms with Gasteiger partial charge in [-0.25, -0.2) is 32.9 Å². The van der Waals surface area contributed by atoms with Gasteiger partial charge in [0.15, 0.2) is 5.13 Å². The van der Waals surface area contributed by atoms with Gasteiger partial charge in [-0.05, 0) is 55.3 Å². The van der Waals surface area contributed by atoms with Crippen molar-refractivity contribution in [3.8, 4) is 22.4 Å². The van der Waals surface area contributed by atoms with Gasteiger partial charge in [0.2, 0.25) is 5.95 Å². The number of carbonyl (C=O) groups excluding carboxylic acids is 1. The van der Waals surface area contributed by atoms with Crippen molar-refractivity contribution in [1.29, 1.82) is 0 Å². The number of sulfonamides is 1. The van der Waals surface area contributed by atoms with Gasteiger partial charge in [0.1, 0.15) is 0 Å². The van der Waals surface area contributed by atoms with E-state index in [-0.39, 0.29) is 16.9 Å². The lowest BCUT2D eigenvalue weighted by Crippen LogP contribution is -2.28. The highest BCUT2D eigenvalue weighted by Crippen LogP contribution is 2.38. The molecule has 0 unspecified atom stereocenters. The zero-order chi connectivity index (χ0) is 26.7. The Morgan fingerprint density at radius 1 is 0.947 bits per heavy atom.